The van der Waals surface area contributed by atoms with Gasteiger partial charge in [-0.1, -0.05) is 37.3 Å². The average molecular weight is 183 g/mol. The molecule has 1 aromatic carbocycles. The largest absolute Gasteiger partial charge is 0.127 e. The van der Waals surface area contributed by atoms with E-state index in [2.05, 4.69) is 37.3 Å². The Morgan fingerprint density at radius 1 is 1.25 bits per heavy atom. The van der Waals surface area contributed by atoms with Crippen LogP contribution in [0.1, 0.15) is 31.2 Å². The SMILES string of the molecule is C[C@@H](CCCCl)c1ccccc1. The van der Waals surface area contributed by atoms with Gasteiger partial charge in [-0.3, -0.25) is 0 Å². The number of rotatable bonds is 4. The standard InChI is InChI=1S/C11H15Cl/c1-10(6-5-9-12)11-7-3-2-4-8-11/h2-4,7-8,10H,5-6,9H2,1H3/t10-/m0/s1. The van der Waals surface area contributed by atoms with Gasteiger partial charge in [-0.05, 0) is 24.3 Å². The monoisotopic (exact) mass is 182 g/mol. The Morgan fingerprint density at radius 3 is 2.50 bits per heavy atom. The summed E-state index contributed by atoms with van der Waals surface area (Å²) in [5.74, 6) is 1.42. The van der Waals surface area contributed by atoms with Crippen molar-refractivity contribution in [2.24, 2.45) is 0 Å². The van der Waals surface area contributed by atoms with Crippen LogP contribution in [-0.2, 0) is 0 Å². The maximum atomic E-state index is 5.63. The first kappa shape index (κ1) is 9.60. The van der Waals surface area contributed by atoms with Gasteiger partial charge >= 0.3 is 0 Å². The van der Waals surface area contributed by atoms with Crippen molar-refractivity contribution in [3.8, 4) is 0 Å². The number of halogens is 1. The van der Waals surface area contributed by atoms with E-state index in [1.54, 1.807) is 0 Å². The third kappa shape index (κ3) is 2.86. The first-order valence-corrected chi connectivity index (χ1v) is 4.99. The van der Waals surface area contributed by atoms with Crippen molar-refractivity contribution >= 4 is 11.6 Å². The Kier molecular flexibility index (Phi) is 4.16. The first-order valence-electron chi connectivity index (χ1n) is 4.45. The molecule has 66 valence electrons. The summed E-state index contributed by atoms with van der Waals surface area (Å²) >= 11 is 5.63. The molecule has 0 amide bonds. The summed E-state index contributed by atoms with van der Waals surface area (Å²) < 4.78 is 0. The van der Waals surface area contributed by atoms with Gasteiger partial charge in [0.25, 0.3) is 0 Å². The van der Waals surface area contributed by atoms with E-state index in [4.69, 9.17) is 11.6 Å². The summed E-state index contributed by atoms with van der Waals surface area (Å²) in [5, 5.41) is 0. The predicted octanol–water partition coefficient (Wildman–Crippen LogP) is 3.81. The lowest BCUT2D eigenvalue weighted by Gasteiger charge is -2.09. The number of hydrogen-bond donors (Lipinski definition) is 0. The average Bonchev–Trinajstić information content (AvgIpc) is 2.15. The Labute approximate surface area is 79.6 Å². The van der Waals surface area contributed by atoms with Crippen molar-refractivity contribution in [2.75, 3.05) is 5.88 Å². The van der Waals surface area contributed by atoms with E-state index in [1.807, 2.05) is 0 Å². The zero-order chi connectivity index (χ0) is 8.81. The van der Waals surface area contributed by atoms with Crippen molar-refractivity contribution in [2.45, 2.75) is 25.7 Å². The second-order valence-electron chi connectivity index (χ2n) is 3.14. The molecule has 1 atom stereocenters. The van der Waals surface area contributed by atoms with Gasteiger partial charge in [0.2, 0.25) is 0 Å². The Morgan fingerprint density at radius 2 is 1.92 bits per heavy atom. The maximum Gasteiger partial charge on any atom is 0.0223 e. The fourth-order valence-electron chi connectivity index (χ4n) is 1.33. The fourth-order valence-corrected chi connectivity index (χ4v) is 1.49. The predicted molar refractivity (Wildman–Crippen MR) is 54.8 cm³/mol. The molecule has 0 aliphatic rings. The molecule has 0 radical (unpaired) electrons. The van der Waals surface area contributed by atoms with Crippen LogP contribution >= 0.6 is 11.6 Å². The van der Waals surface area contributed by atoms with Crippen LogP contribution in [0.3, 0.4) is 0 Å². The lowest BCUT2D eigenvalue weighted by atomic mass is 9.97. The van der Waals surface area contributed by atoms with Crippen LogP contribution in [0.4, 0.5) is 0 Å². The van der Waals surface area contributed by atoms with E-state index in [9.17, 15) is 0 Å². The minimum absolute atomic E-state index is 0.643. The van der Waals surface area contributed by atoms with E-state index in [0.29, 0.717) is 5.92 Å². The van der Waals surface area contributed by atoms with E-state index in [-0.39, 0.29) is 0 Å². The highest BCUT2D eigenvalue weighted by Gasteiger charge is 2.02. The minimum Gasteiger partial charge on any atom is -0.127 e. The molecule has 0 saturated heterocycles. The molecule has 0 nitrogen and oxygen atoms in total. The normalized spacial score (nSPS) is 12.8. The van der Waals surface area contributed by atoms with Crippen LogP contribution < -0.4 is 0 Å². The van der Waals surface area contributed by atoms with Crippen molar-refractivity contribution in [1.29, 1.82) is 0 Å². The molecule has 1 heteroatoms. The van der Waals surface area contributed by atoms with E-state index in [1.165, 1.54) is 12.0 Å². The molecule has 1 aromatic rings. The lowest BCUT2D eigenvalue weighted by molar-refractivity contribution is 0.668. The molecular weight excluding hydrogens is 168 g/mol. The van der Waals surface area contributed by atoms with E-state index >= 15 is 0 Å². The van der Waals surface area contributed by atoms with Crippen molar-refractivity contribution in [3.05, 3.63) is 35.9 Å². The summed E-state index contributed by atoms with van der Waals surface area (Å²) in [5.41, 5.74) is 1.42. The smallest absolute Gasteiger partial charge is 0.0223 e. The molecule has 0 spiro atoms. The maximum absolute atomic E-state index is 5.63. The second kappa shape index (κ2) is 5.21. The zero-order valence-corrected chi connectivity index (χ0v) is 8.22. The van der Waals surface area contributed by atoms with Crippen molar-refractivity contribution in [1.82, 2.24) is 0 Å². The molecule has 0 N–H and O–H groups in total. The van der Waals surface area contributed by atoms with Crippen LogP contribution in [0.25, 0.3) is 0 Å². The zero-order valence-electron chi connectivity index (χ0n) is 7.46. The highest BCUT2D eigenvalue weighted by atomic mass is 35.5. The van der Waals surface area contributed by atoms with Gasteiger partial charge in [0.1, 0.15) is 0 Å². The number of benzene rings is 1. The van der Waals surface area contributed by atoms with Crippen LogP contribution in [0.5, 0.6) is 0 Å². The Balaban J connectivity index is 2.48. The molecule has 0 aliphatic carbocycles. The molecular formula is C11H15Cl. The number of alkyl halides is 1. The van der Waals surface area contributed by atoms with Crippen LogP contribution in [0, 0.1) is 0 Å². The minimum atomic E-state index is 0.643. The van der Waals surface area contributed by atoms with Crippen molar-refractivity contribution < 1.29 is 0 Å². The molecule has 1 rings (SSSR count). The summed E-state index contributed by atoms with van der Waals surface area (Å²) in [7, 11) is 0. The fraction of sp³-hybridized carbons (Fsp3) is 0.455. The Bertz CT molecular complexity index is 206. The summed E-state index contributed by atoms with van der Waals surface area (Å²) in [6.45, 7) is 2.25. The quantitative estimate of drug-likeness (QED) is 0.622. The summed E-state index contributed by atoms with van der Waals surface area (Å²) in [6.07, 6.45) is 2.30. The topological polar surface area (TPSA) is 0 Å². The molecule has 12 heavy (non-hydrogen) atoms. The third-order valence-electron chi connectivity index (χ3n) is 2.14. The third-order valence-corrected chi connectivity index (χ3v) is 2.41. The van der Waals surface area contributed by atoms with Gasteiger partial charge in [-0.15, -0.1) is 11.6 Å². The molecule has 0 unspecified atom stereocenters. The summed E-state index contributed by atoms with van der Waals surface area (Å²) in [6, 6.07) is 10.6. The van der Waals surface area contributed by atoms with E-state index < -0.39 is 0 Å². The molecule has 0 aliphatic heterocycles. The van der Waals surface area contributed by atoms with Gasteiger partial charge in [0.05, 0.1) is 0 Å². The highest BCUT2D eigenvalue weighted by Crippen LogP contribution is 2.19. The molecule has 0 fully saturated rings. The lowest BCUT2D eigenvalue weighted by Crippen LogP contribution is -1.93. The van der Waals surface area contributed by atoms with Crippen LogP contribution in [0.15, 0.2) is 30.3 Å². The van der Waals surface area contributed by atoms with Gasteiger partial charge in [-0.25, -0.2) is 0 Å². The summed E-state index contributed by atoms with van der Waals surface area (Å²) in [4.78, 5) is 0. The van der Waals surface area contributed by atoms with Gasteiger partial charge in [0, 0.05) is 5.88 Å². The van der Waals surface area contributed by atoms with Gasteiger partial charge in [0.15, 0.2) is 0 Å². The van der Waals surface area contributed by atoms with Crippen LogP contribution in [0.2, 0.25) is 0 Å². The van der Waals surface area contributed by atoms with Crippen LogP contribution in [-0.4, -0.2) is 5.88 Å². The molecule has 0 saturated carbocycles. The molecule has 0 aromatic heterocycles. The second-order valence-corrected chi connectivity index (χ2v) is 3.52. The molecule has 0 heterocycles. The number of hydrogen-bond acceptors (Lipinski definition) is 0. The van der Waals surface area contributed by atoms with Crippen molar-refractivity contribution in [3.63, 3.8) is 0 Å². The highest BCUT2D eigenvalue weighted by molar-refractivity contribution is 6.17. The van der Waals surface area contributed by atoms with E-state index in [0.717, 1.165) is 12.3 Å². The first-order chi connectivity index (χ1) is 5.84. The van der Waals surface area contributed by atoms with Gasteiger partial charge < -0.3 is 0 Å². The molecule has 0 bridgehead atoms. The van der Waals surface area contributed by atoms with Gasteiger partial charge in [-0.2, -0.15) is 0 Å². The Hall–Kier alpha value is -0.490.